The van der Waals surface area contributed by atoms with Crippen LogP contribution in [0.2, 0.25) is 0 Å². The van der Waals surface area contributed by atoms with Gasteiger partial charge < -0.3 is 37.7 Å². The van der Waals surface area contributed by atoms with Gasteiger partial charge in [-0.25, -0.2) is 9.97 Å². The SMILES string of the molecule is CCOC(=O)[C@@H](N)Cc1ccc(-c2cc(NCc3ccc(C(F)(F)F)cc3)nc(N)n2)cc1.N[C@@H](Cc1ccc(-c2cnc(NCC3CCCC3)cn2)cc1)C(=O)O. The standard InChI is InChI=1S/C23H24F3N5O2.C19H24N4O2/c1-2-33-21(32)18(27)11-14-3-7-16(8-4-14)19-12-20(31-22(28)30-19)29-13-15-5-9-17(10-6-15)23(24,25)26;20-16(19(24)25)9-13-5-7-15(8-6-13)17-11-23-18(12-21-17)22-10-14-3-1-2-4-14/h3-10,12,18H,2,11,13,27H2,1H3,(H3,28,29,30,31);5-8,11-12,14,16H,1-4,9-10,20H2,(H,22,23)(H,24,25)/t18-;16-/m00/s1. The molecule has 306 valence electrons. The third-order valence-electron chi connectivity index (χ3n) is 9.51. The van der Waals surface area contributed by atoms with E-state index in [9.17, 15) is 22.8 Å². The van der Waals surface area contributed by atoms with E-state index >= 15 is 0 Å². The lowest BCUT2D eigenvalue weighted by Gasteiger charge is -2.12. The summed E-state index contributed by atoms with van der Waals surface area (Å²) in [6.45, 7) is 3.22. The van der Waals surface area contributed by atoms with Crippen LogP contribution in [0.15, 0.2) is 91.3 Å². The molecular formula is C42H48F3N9O4. The number of alkyl halides is 3. The van der Waals surface area contributed by atoms with Crippen LogP contribution >= 0.6 is 0 Å². The van der Waals surface area contributed by atoms with Crippen LogP contribution in [0, 0.1) is 5.92 Å². The predicted octanol–water partition coefficient (Wildman–Crippen LogP) is 6.49. The first-order chi connectivity index (χ1) is 27.8. The van der Waals surface area contributed by atoms with Crippen molar-refractivity contribution in [2.24, 2.45) is 17.4 Å². The lowest BCUT2D eigenvalue weighted by molar-refractivity contribution is -0.144. The quantitative estimate of drug-likeness (QED) is 0.0625. The van der Waals surface area contributed by atoms with E-state index in [1.54, 1.807) is 25.4 Å². The first-order valence-electron chi connectivity index (χ1n) is 19.0. The lowest BCUT2D eigenvalue weighted by Crippen LogP contribution is -2.34. The van der Waals surface area contributed by atoms with E-state index in [0.29, 0.717) is 29.9 Å². The van der Waals surface area contributed by atoms with E-state index in [1.165, 1.54) is 37.8 Å². The molecule has 0 amide bonds. The van der Waals surface area contributed by atoms with Gasteiger partial charge in [-0.15, -0.1) is 0 Å². The number of carboxylic acid groups (broad SMARTS) is 1. The Morgan fingerprint density at radius 2 is 1.38 bits per heavy atom. The third kappa shape index (κ3) is 13.0. The third-order valence-corrected chi connectivity index (χ3v) is 9.51. The molecule has 13 nitrogen and oxygen atoms in total. The van der Waals surface area contributed by atoms with Crippen LogP contribution in [0.4, 0.5) is 30.8 Å². The van der Waals surface area contributed by atoms with Gasteiger partial charge in [0.1, 0.15) is 23.7 Å². The Labute approximate surface area is 334 Å². The second-order valence-corrected chi connectivity index (χ2v) is 14.0. The molecule has 9 N–H and O–H groups in total. The van der Waals surface area contributed by atoms with Crippen molar-refractivity contribution in [3.05, 3.63) is 114 Å². The Kier molecular flexibility index (Phi) is 15.1. The number of anilines is 3. The highest BCUT2D eigenvalue weighted by Gasteiger charge is 2.30. The Hall–Kier alpha value is -6.13. The maximum Gasteiger partial charge on any atom is 0.416 e. The van der Waals surface area contributed by atoms with Crippen molar-refractivity contribution >= 4 is 29.5 Å². The number of nitrogens with two attached hydrogens (primary N) is 3. The topological polar surface area (TPSA) is 217 Å². The number of aliphatic carboxylic acids is 1. The number of ether oxygens (including phenoxy) is 1. The molecule has 5 aromatic rings. The number of aromatic nitrogens is 4. The summed E-state index contributed by atoms with van der Waals surface area (Å²) in [6.07, 6.45) is 5.08. The molecule has 0 unspecified atom stereocenters. The summed E-state index contributed by atoms with van der Waals surface area (Å²) in [7, 11) is 0. The number of nitrogens with zero attached hydrogens (tertiary/aromatic N) is 4. The normalized spacial score (nSPS) is 13.8. The molecule has 6 rings (SSSR count). The van der Waals surface area contributed by atoms with Gasteiger partial charge in [-0.05, 0) is 67.3 Å². The van der Waals surface area contributed by atoms with Crippen LogP contribution in [0.25, 0.3) is 22.5 Å². The van der Waals surface area contributed by atoms with Gasteiger partial charge in [0.15, 0.2) is 0 Å². The van der Waals surface area contributed by atoms with Crippen LogP contribution in [0.5, 0.6) is 0 Å². The minimum atomic E-state index is -4.37. The molecule has 0 bridgehead atoms. The number of hydrogen-bond donors (Lipinski definition) is 6. The number of nitrogen functional groups attached to an aromatic ring is 1. The van der Waals surface area contributed by atoms with Crippen molar-refractivity contribution in [1.82, 2.24) is 19.9 Å². The molecule has 3 aromatic carbocycles. The van der Waals surface area contributed by atoms with Crippen molar-refractivity contribution in [3.8, 4) is 22.5 Å². The number of carbonyl (C=O) groups is 2. The molecule has 1 aliphatic rings. The average Bonchev–Trinajstić information content (AvgIpc) is 3.74. The summed E-state index contributed by atoms with van der Waals surface area (Å²) in [5.41, 5.74) is 22.0. The van der Waals surface area contributed by atoms with Gasteiger partial charge in [0.2, 0.25) is 5.95 Å². The highest BCUT2D eigenvalue weighted by atomic mass is 19.4. The van der Waals surface area contributed by atoms with Gasteiger partial charge in [-0.1, -0.05) is 73.5 Å². The smallest absolute Gasteiger partial charge is 0.416 e. The Bertz CT molecular complexity index is 2080. The van der Waals surface area contributed by atoms with Crippen molar-refractivity contribution in [2.45, 2.75) is 70.3 Å². The van der Waals surface area contributed by atoms with Gasteiger partial charge in [-0.2, -0.15) is 18.2 Å². The molecule has 1 aliphatic carbocycles. The monoisotopic (exact) mass is 799 g/mol. The fraction of sp³-hybridized carbons (Fsp3) is 0.333. The fourth-order valence-electron chi connectivity index (χ4n) is 6.29. The minimum Gasteiger partial charge on any atom is -0.480 e. The number of rotatable bonds is 15. The molecule has 58 heavy (non-hydrogen) atoms. The zero-order valence-corrected chi connectivity index (χ0v) is 32.1. The molecule has 0 radical (unpaired) electrons. The van der Waals surface area contributed by atoms with E-state index in [1.807, 2.05) is 48.5 Å². The Morgan fingerprint density at radius 1 is 0.793 bits per heavy atom. The summed E-state index contributed by atoms with van der Waals surface area (Å²) < 4.78 is 43.0. The molecule has 1 saturated carbocycles. The lowest BCUT2D eigenvalue weighted by atomic mass is 10.0. The van der Waals surface area contributed by atoms with Gasteiger partial charge in [0.25, 0.3) is 0 Å². The van der Waals surface area contributed by atoms with E-state index in [2.05, 4.69) is 30.6 Å². The molecule has 0 spiro atoms. The number of esters is 1. The average molecular weight is 800 g/mol. The van der Waals surface area contributed by atoms with E-state index < -0.39 is 35.8 Å². The van der Waals surface area contributed by atoms with Gasteiger partial charge in [0, 0.05) is 30.3 Å². The van der Waals surface area contributed by atoms with Crippen LogP contribution in [-0.4, -0.2) is 62.2 Å². The van der Waals surface area contributed by atoms with Crippen molar-refractivity contribution in [3.63, 3.8) is 0 Å². The first-order valence-corrected chi connectivity index (χ1v) is 19.0. The molecule has 2 aromatic heterocycles. The summed E-state index contributed by atoms with van der Waals surface area (Å²) in [4.78, 5) is 39.8. The Morgan fingerprint density at radius 3 is 1.93 bits per heavy atom. The Balaban J connectivity index is 0.000000229. The molecule has 0 saturated heterocycles. The molecule has 0 aliphatic heterocycles. The summed E-state index contributed by atoms with van der Waals surface area (Å²) in [5, 5.41) is 15.3. The summed E-state index contributed by atoms with van der Waals surface area (Å²) in [6, 6.07) is 19.9. The van der Waals surface area contributed by atoms with Crippen LogP contribution in [0.1, 0.15) is 54.9 Å². The maximum atomic E-state index is 12.7. The van der Waals surface area contributed by atoms with E-state index in [-0.39, 0.29) is 19.1 Å². The largest absolute Gasteiger partial charge is 0.480 e. The number of halogens is 3. The number of nitrogens with one attached hydrogen (secondary N) is 2. The zero-order valence-electron chi connectivity index (χ0n) is 32.1. The van der Waals surface area contributed by atoms with Crippen molar-refractivity contribution < 1.29 is 32.6 Å². The highest BCUT2D eigenvalue weighted by Crippen LogP contribution is 2.29. The van der Waals surface area contributed by atoms with Crippen LogP contribution < -0.4 is 27.8 Å². The fourth-order valence-corrected chi connectivity index (χ4v) is 6.29. The van der Waals surface area contributed by atoms with E-state index in [0.717, 1.165) is 58.4 Å². The van der Waals surface area contributed by atoms with Crippen LogP contribution in [-0.2, 0) is 39.9 Å². The number of carboxylic acids is 1. The zero-order chi connectivity index (χ0) is 41.7. The molecule has 2 heterocycles. The molecule has 1 fully saturated rings. The minimum absolute atomic E-state index is 0.0517. The number of carbonyl (C=O) groups excluding carboxylic acids is 1. The van der Waals surface area contributed by atoms with E-state index in [4.69, 9.17) is 27.0 Å². The summed E-state index contributed by atoms with van der Waals surface area (Å²) in [5.74, 6) is 0.608. The van der Waals surface area contributed by atoms with Crippen molar-refractivity contribution in [1.29, 1.82) is 0 Å². The molecule has 16 heteroatoms. The maximum absolute atomic E-state index is 12.7. The second kappa shape index (κ2) is 20.3. The summed E-state index contributed by atoms with van der Waals surface area (Å²) >= 11 is 0. The van der Waals surface area contributed by atoms with Crippen LogP contribution in [0.3, 0.4) is 0 Å². The van der Waals surface area contributed by atoms with Gasteiger partial charge in [0.05, 0.1) is 36.0 Å². The second-order valence-electron chi connectivity index (χ2n) is 14.0. The number of benzene rings is 3. The van der Waals surface area contributed by atoms with Crippen molar-refractivity contribution in [2.75, 3.05) is 29.5 Å². The predicted molar refractivity (Wildman–Crippen MR) is 216 cm³/mol. The van der Waals surface area contributed by atoms with Gasteiger partial charge >= 0.3 is 18.1 Å². The first kappa shape index (κ1) is 43.0. The van der Waals surface area contributed by atoms with Gasteiger partial charge in [-0.3, -0.25) is 14.6 Å². The molecular weight excluding hydrogens is 752 g/mol. The molecule has 2 atom stereocenters. The highest BCUT2D eigenvalue weighted by molar-refractivity contribution is 5.76. The number of hydrogen-bond acceptors (Lipinski definition) is 12.